The Morgan fingerprint density at radius 2 is 1.37 bits per heavy atom. The Morgan fingerprint density at radius 1 is 0.947 bits per heavy atom. The van der Waals surface area contributed by atoms with Crippen molar-refractivity contribution in [1.82, 2.24) is 0 Å². The molecule has 0 aliphatic carbocycles. The zero-order chi connectivity index (χ0) is 13.7. The maximum atomic E-state index is 13.6. The average Bonchev–Trinajstić information content (AvgIpc) is 2.48. The summed E-state index contributed by atoms with van der Waals surface area (Å²) < 4.78 is 19.2. The molecule has 0 heterocycles. The van der Waals surface area contributed by atoms with Gasteiger partial charge in [-0.05, 0) is 13.8 Å². The van der Waals surface area contributed by atoms with Crippen molar-refractivity contribution in [3.63, 3.8) is 0 Å². The van der Waals surface area contributed by atoms with E-state index in [2.05, 4.69) is 0 Å². The Labute approximate surface area is 114 Å². The average molecular weight is 274 g/mol. The fraction of sp³-hybridized carbons (Fsp3) is 0.250. The molecule has 1 atom stereocenters. The fourth-order valence-electron chi connectivity index (χ4n) is 2.21. The number of benzene rings is 2. The van der Waals surface area contributed by atoms with Crippen molar-refractivity contribution in [2.75, 3.05) is 6.61 Å². The van der Waals surface area contributed by atoms with Gasteiger partial charge in [-0.15, -0.1) is 0 Å². The zero-order valence-corrected chi connectivity index (χ0v) is 12.2. The van der Waals surface area contributed by atoms with E-state index in [0.717, 1.165) is 10.6 Å². The minimum Gasteiger partial charge on any atom is -0.370 e. The summed E-state index contributed by atoms with van der Waals surface area (Å²) in [5.41, 5.74) is 0. The molecule has 0 aliphatic heterocycles. The summed E-state index contributed by atoms with van der Waals surface area (Å²) in [6.45, 7) is 4.38. The Balaban J connectivity index is 2.54. The predicted molar refractivity (Wildman–Crippen MR) is 80.8 cm³/mol. The molecule has 2 rings (SSSR count). The van der Waals surface area contributed by atoms with E-state index in [0.29, 0.717) is 6.61 Å². The Bertz CT molecular complexity index is 508. The molecule has 3 heteroatoms. The summed E-state index contributed by atoms with van der Waals surface area (Å²) in [5.74, 6) is -0.317. The van der Waals surface area contributed by atoms with Crippen molar-refractivity contribution >= 4 is 17.8 Å². The molecule has 2 aromatic carbocycles. The van der Waals surface area contributed by atoms with Gasteiger partial charge < -0.3 is 9.30 Å². The molecule has 0 radical (unpaired) electrons. The van der Waals surface area contributed by atoms with Gasteiger partial charge in [0, 0.05) is 17.2 Å². The quantitative estimate of drug-likeness (QED) is 0.781. The highest BCUT2D eigenvalue weighted by Gasteiger charge is 2.34. The maximum absolute atomic E-state index is 13.6. The van der Waals surface area contributed by atoms with Gasteiger partial charge in [0.15, 0.2) is 7.14 Å². The van der Waals surface area contributed by atoms with Crippen molar-refractivity contribution in [1.29, 1.82) is 0 Å². The Morgan fingerprint density at radius 3 is 1.74 bits per heavy atom. The highest BCUT2D eigenvalue weighted by molar-refractivity contribution is 7.79. The number of ether oxygens (including phenoxy) is 1. The standard InChI is InChI=1S/C16H19O2P/c1-3-18-14(2)19(17,15-10-6-4-7-11-15)16-12-8-5-9-13-16/h4-14H,3H2,1-2H3. The van der Waals surface area contributed by atoms with Gasteiger partial charge in [-0.2, -0.15) is 0 Å². The van der Waals surface area contributed by atoms with Crippen LogP contribution in [0.4, 0.5) is 0 Å². The summed E-state index contributed by atoms with van der Waals surface area (Å²) in [6, 6.07) is 19.2. The monoisotopic (exact) mass is 274 g/mol. The van der Waals surface area contributed by atoms with E-state index in [1.54, 1.807) is 0 Å². The first-order chi connectivity index (χ1) is 9.19. The molecule has 0 N–H and O–H groups in total. The third kappa shape index (κ3) is 2.80. The van der Waals surface area contributed by atoms with E-state index in [-0.39, 0.29) is 5.85 Å². The van der Waals surface area contributed by atoms with Crippen LogP contribution in [0.25, 0.3) is 0 Å². The molecule has 0 saturated heterocycles. The summed E-state index contributed by atoms with van der Waals surface area (Å²) >= 11 is 0. The van der Waals surface area contributed by atoms with E-state index in [9.17, 15) is 4.57 Å². The normalized spacial score (nSPS) is 13.2. The molecule has 0 bridgehead atoms. The van der Waals surface area contributed by atoms with Gasteiger partial charge in [-0.3, -0.25) is 0 Å². The van der Waals surface area contributed by atoms with Gasteiger partial charge in [0.05, 0.1) is 0 Å². The van der Waals surface area contributed by atoms with Crippen LogP contribution in [0, 0.1) is 0 Å². The van der Waals surface area contributed by atoms with Crippen LogP contribution in [0.5, 0.6) is 0 Å². The number of rotatable bonds is 5. The first-order valence-electron chi connectivity index (χ1n) is 6.52. The van der Waals surface area contributed by atoms with Crippen LogP contribution in [-0.4, -0.2) is 12.5 Å². The highest BCUT2D eigenvalue weighted by atomic mass is 31.2. The van der Waals surface area contributed by atoms with Gasteiger partial charge in [0.2, 0.25) is 0 Å². The predicted octanol–water partition coefficient (Wildman–Crippen LogP) is 3.38. The third-order valence-corrected chi connectivity index (χ3v) is 6.50. The van der Waals surface area contributed by atoms with E-state index in [1.165, 1.54) is 0 Å². The van der Waals surface area contributed by atoms with E-state index in [1.807, 2.05) is 74.5 Å². The second-order valence-corrected chi connectivity index (χ2v) is 7.46. The molecule has 19 heavy (non-hydrogen) atoms. The van der Waals surface area contributed by atoms with Crippen LogP contribution >= 0.6 is 7.14 Å². The van der Waals surface area contributed by atoms with Crippen LogP contribution in [0.2, 0.25) is 0 Å². The smallest absolute Gasteiger partial charge is 0.170 e. The molecule has 0 spiro atoms. The van der Waals surface area contributed by atoms with Gasteiger partial charge in [0.25, 0.3) is 0 Å². The molecular formula is C16H19O2P. The molecule has 0 amide bonds. The lowest BCUT2D eigenvalue weighted by molar-refractivity contribution is 0.130. The van der Waals surface area contributed by atoms with Crippen LogP contribution in [0.15, 0.2) is 60.7 Å². The summed E-state index contributed by atoms with van der Waals surface area (Å²) in [7, 11) is -2.75. The van der Waals surface area contributed by atoms with Crippen molar-refractivity contribution in [3.05, 3.63) is 60.7 Å². The lowest BCUT2D eigenvalue weighted by atomic mass is 10.4. The second kappa shape index (κ2) is 6.18. The molecule has 1 unspecified atom stereocenters. The minimum absolute atomic E-state index is 0.317. The topological polar surface area (TPSA) is 26.3 Å². The molecule has 0 saturated carbocycles. The summed E-state index contributed by atoms with van der Waals surface area (Å²) in [4.78, 5) is 0. The van der Waals surface area contributed by atoms with E-state index in [4.69, 9.17) is 4.74 Å². The van der Waals surface area contributed by atoms with Gasteiger partial charge in [0.1, 0.15) is 5.85 Å². The highest BCUT2D eigenvalue weighted by Crippen LogP contribution is 2.48. The minimum atomic E-state index is -2.75. The van der Waals surface area contributed by atoms with Crippen LogP contribution < -0.4 is 10.6 Å². The molecule has 2 nitrogen and oxygen atoms in total. The van der Waals surface area contributed by atoms with Crippen molar-refractivity contribution in [2.45, 2.75) is 19.7 Å². The summed E-state index contributed by atoms with van der Waals surface area (Å²) in [6.07, 6.45) is 0. The lowest BCUT2D eigenvalue weighted by Gasteiger charge is -2.25. The molecule has 2 aromatic rings. The van der Waals surface area contributed by atoms with Gasteiger partial charge >= 0.3 is 0 Å². The SMILES string of the molecule is CCOC(C)P(=O)(c1ccccc1)c1ccccc1. The number of hydrogen-bond acceptors (Lipinski definition) is 2. The van der Waals surface area contributed by atoms with Gasteiger partial charge in [-0.25, -0.2) is 0 Å². The van der Waals surface area contributed by atoms with E-state index >= 15 is 0 Å². The van der Waals surface area contributed by atoms with Gasteiger partial charge in [-0.1, -0.05) is 60.7 Å². The van der Waals surface area contributed by atoms with Crippen LogP contribution in [0.3, 0.4) is 0 Å². The fourth-order valence-corrected chi connectivity index (χ4v) is 4.94. The van der Waals surface area contributed by atoms with Crippen molar-refractivity contribution in [2.24, 2.45) is 0 Å². The van der Waals surface area contributed by atoms with Crippen LogP contribution in [-0.2, 0) is 9.30 Å². The Hall–Kier alpha value is -1.37. The summed E-state index contributed by atoms with van der Waals surface area (Å²) in [5, 5.41) is 1.70. The largest absolute Gasteiger partial charge is 0.370 e. The van der Waals surface area contributed by atoms with Crippen molar-refractivity contribution < 1.29 is 9.30 Å². The molecule has 0 aromatic heterocycles. The lowest BCUT2D eigenvalue weighted by Crippen LogP contribution is -2.25. The molecule has 0 aliphatic rings. The maximum Gasteiger partial charge on any atom is 0.170 e. The molecule has 0 fully saturated rings. The zero-order valence-electron chi connectivity index (χ0n) is 11.3. The first-order valence-corrected chi connectivity index (χ1v) is 8.29. The third-order valence-electron chi connectivity index (χ3n) is 3.20. The molecular weight excluding hydrogens is 255 g/mol. The van der Waals surface area contributed by atoms with Crippen molar-refractivity contribution in [3.8, 4) is 0 Å². The second-order valence-electron chi connectivity index (χ2n) is 4.38. The number of hydrogen-bond donors (Lipinski definition) is 0. The van der Waals surface area contributed by atoms with E-state index < -0.39 is 7.14 Å². The molecule has 100 valence electrons. The first kappa shape index (κ1) is 14.0. The Kier molecular flexibility index (Phi) is 4.57. The van der Waals surface area contributed by atoms with Crippen LogP contribution in [0.1, 0.15) is 13.8 Å².